The molecule has 0 atom stereocenters. The van der Waals surface area contributed by atoms with Crippen LogP contribution < -0.4 is 5.32 Å². The van der Waals surface area contributed by atoms with Crippen molar-refractivity contribution in [3.05, 3.63) is 51.1 Å². The van der Waals surface area contributed by atoms with Gasteiger partial charge in [0.2, 0.25) is 0 Å². The van der Waals surface area contributed by atoms with Crippen molar-refractivity contribution < 1.29 is 19.1 Å². The van der Waals surface area contributed by atoms with Gasteiger partial charge < -0.3 is 10.4 Å². The van der Waals surface area contributed by atoms with E-state index in [1.54, 1.807) is 6.92 Å². The maximum Gasteiger partial charge on any atom is 0.347 e. The lowest BCUT2D eigenvalue weighted by Crippen LogP contribution is -2.11. The number of benzene rings is 1. The van der Waals surface area contributed by atoms with Crippen LogP contribution in [0.5, 0.6) is 0 Å². The third kappa shape index (κ3) is 2.81. The van der Waals surface area contributed by atoms with Crippen LogP contribution in [-0.4, -0.2) is 17.0 Å². The predicted molar refractivity (Wildman–Crippen MR) is 75.4 cm³/mol. The summed E-state index contributed by atoms with van der Waals surface area (Å²) in [6, 6.07) is 5.03. The van der Waals surface area contributed by atoms with Crippen molar-refractivity contribution in [2.75, 3.05) is 5.32 Å². The van der Waals surface area contributed by atoms with Crippen LogP contribution in [0, 0.1) is 12.7 Å². The summed E-state index contributed by atoms with van der Waals surface area (Å²) < 4.78 is 12.8. The molecule has 1 heterocycles. The standard InChI is InChI=1S/C13H9ClFNO3S/c1-6-9(14)10(13(18)19)20-12(6)16-11(17)7-2-4-8(15)5-3-7/h2-5H,1H3,(H,16,17)(H,18,19). The van der Waals surface area contributed by atoms with Crippen molar-refractivity contribution in [3.8, 4) is 0 Å². The third-order valence-electron chi connectivity index (χ3n) is 2.60. The maximum atomic E-state index is 12.8. The first-order valence-electron chi connectivity index (χ1n) is 5.49. The van der Waals surface area contributed by atoms with E-state index in [0.717, 1.165) is 11.3 Å². The average Bonchev–Trinajstić information content (AvgIpc) is 2.68. The molecule has 104 valence electrons. The summed E-state index contributed by atoms with van der Waals surface area (Å²) in [5.74, 6) is -2.04. The molecule has 4 nitrogen and oxygen atoms in total. The molecule has 1 aromatic carbocycles. The minimum Gasteiger partial charge on any atom is -0.477 e. The smallest absolute Gasteiger partial charge is 0.347 e. The molecular weight excluding hydrogens is 305 g/mol. The Morgan fingerprint density at radius 2 is 1.90 bits per heavy atom. The average molecular weight is 314 g/mol. The molecule has 0 aliphatic rings. The number of rotatable bonds is 3. The number of carboxylic acids is 1. The van der Waals surface area contributed by atoms with Gasteiger partial charge in [-0.1, -0.05) is 11.6 Å². The molecule has 0 spiro atoms. The van der Waals surface area contributed by atoms with Gasteiger partial charge in [0, 0.05) is 11.1 Å². The topological polar surface area (TPSA) is 66.4 Å². The van der Waals surface area contributed by atoms with Crippen LogP contribution >= 0.6 is 22.9 Å². The van der Waals surface area contributed by atoms with Gasteiger partial charge in [-0.25, -0.2) is 9.18 Å². The first-order valence-corrected chi connectivity index (χ1v) is 6.68. The predicted octanol–water partition coefficient (Wildman–Crippen LogP) is 3.80. The molecule has 20 heavy (non-hydrogen) atoms. The zero-order chi connectivity index (χ0) is 14.9. The number of halogens is 2. The first kappa shape index (κ1) is 14.5. The third-order valence-corrected chi connectivity index (χ3v) is 4.38. The van der Waals surface area contributed by atoms with Crippen LogP contribution in [0.1, 0.15) is 25.6 Å². The molecule has 2 N–H and O–H groups in total. The Labute approximate surface area is 122 Å². The number of hydrogen-bond donors (Lipinski definition) is 2. The molecule has 0 unspecified atom stereocenters. The Kier molecular flexibility index (Phi) is 4.06. The van der Waals surface area contributed by atoms with Crippen molar-refractivity contribution in [1.82, 2.24) is 0 Å². The minimum absolute atomic E-state index is 0.0291. The molecule has 1 aromatic heterocycles. The molecule has 0 bridgehead atoms. The largest absolute Gasteiger partial charge is 0.477 e. The Balaban J connectivity index is 2.26. The van der Waals surface area contributed by atoms with Gasteiger partial charge in [0.05, 0.1) is 5.02 Å². The Bertz CT molecular complexity index is 682. The van der Waals surface area contributed by atoms with Gasteiger partial charge in [-0.3, -0.25) is 4.79 Å². The number of hydrogen-bond acceptors (Lipinski definition) is 3. The molecular formula is C13H9ClFNO3S. The van der Waals surface area contributed by atoms with E-state index in [1.165, 1.54) is 24.3 Å². The van der Waals surface area contributed by atoms with Crippen molar-refractivity contribution in [2.45, 2.75) is 6.92 Å². The van der Waals surface area contributed by atoms with Gasteiger partial charge in [-0.15, -0.1) is 11.3 Å². The molecule has 0 aliphatic heterocycles. The molecule has 1 amide bonds. The number of carboxylic acid groups (broad SMARTS) is 1. The number of carbonyl (C=O) groups excluding carboxylic acids is 1. The summed E-state index contributed by atoms with van der Waals surface area (Å²) in [5, 5.41) is 12.0. The molecule has 0 saturated heterocycles. The van der Waals surface area contributed by atoms with E-state index in [1.807, 2.05) is 0 Å². The second-order valence-electron chi connectivity index (χ2n) is 3.97. The second-order valence-corrected chi connectivity index (χ2v) is 5.36. The number of aromatic carboxylic acids is 1. The highest BCUT2D eigenvalue weighted by Crippen LogP contribution is 2.36. The molecule has 0 fully saturated rings. The lowest BCUT2D eigenvalue weighted by molar-refractivity contribution is 0.0702. The van der Waals surface area contributed by atoms with Crippen LogP contribution in [0.4, 0.5) is 9.39 Å². The van der Waals surface area contributed by atoms with Crippen LogP contribution in [0.25, 0.3) is 0 Å². The quantitative estimate of drug-likeness (QED) is 0.905. The minimum atomic E-state index is -1.15. The van der Waals surface area contributed by atoms with Gasteiger partial charge in [0.1, 0.15) is 15.7 Å². The van der Waals surface area contributed by atoms with E-state index in [-0.39, 0.29) is 15.5 Å². The monoisotopic (exact) mass is 313 g/mol. The van der Waals surface area contributed by atoms with Crippen molar-refractivity contribution in [3.63, 3.8) is 0 Å². The Morgan fingerprint density at radius 1 is 1.30 bits per heavy atom. The van der Waals surface area contributed by atoms with Crippen molar-refractivity contribution >= 4 is 39.8 Å². The van der Waals surface area contributed by atoms with Crippen LogP contribution in [0.2, 0.25) is 5.02 Å². The van der Waals surface area contributed by atoms with Gasteiger partial charge in [0.25, 0.3) is 5.91 Å². The van der Waals surface area contributed by atoms with Crippen molar-refractivity contribution in [2.24, 2.45) is 0 Å². The lowest BCUT2D eigenvalue weighted by atomic mass is 10.2. The summed E-state index contributed by atoms with van der Waals surface area (Å²) in [5.41, 5.74) is 0.761. The van der Waals surface area contributed by atoms with Gasteiger partial charge in [-0.2, -0.15) is 0 Å². The molecule has 2 aromatic rings. The SMILES string of the molecule is Cc1c(NC(=O)c2ccc(F)cc2)sc(C(=O)O)c1Cl. The number of anilines is 1. The summed E-state index contributed by atoms with van der Waals surface area (Å²) >= 11 is 6.77. The number of thiophene rings is 1. The maximum absolute atomic E-state index is 12.8. The zero-order valence-electron chi connectivity index (χ0n) is 10.2. The van der Waals surface area contributed by atoms with Gasteiger partial charge in [-0.05, 0) is 31.2 Å². The molecule has 0 radical (unpaired) electrons. The molecule has 0 saturated carbocycles. The summed E-state index contributed by atoms with van der Waals surface area (Å²) in [4.78, 5) is 22.9. The highest BCUT2D eigenvalue weighted by atomic mass is 35.5. The van der Waals surface area contributed by atoms with E-state index in [2.05, 4.69) is 5.32 Å². The van der Waals surface area contributed by atoms with E-state index in [4.69, 9.17) is 16.7 Å². The van der Waals surface area contributed by atoms with E-state index in [0.29, 0.717) is 10.6 Å². The lowest BCUT2D eigenvalue weighted by Gasteiger charge is -2.03. The fourth-order valence-corrected chi connectivity index (χ4v) is 2.81. The fourth-order valence-electron chi connectivity index (χ4n) is 1.53. The van der Waals surface area contributed by atoms with E-state index in [9.17, 15) is 14.0 Å². The van der Waals surface area contributed by atoms with Crippen LogP contribution in [-0.2, 0) is 0 Å². The Hall–Kier alpha value is -1.92. The molecule has 2 rings (SSSR count). The number of amides is 1. The van der Waals surface area contributed by atoms with E-state index < -0.39 is 17.7 Å². The molecule has 7 heteroatoms. The fraction of sp³-hybridized carbons (Fsp3) is 0.0769. The second kappa shape index (κ2) is 5.60. The van der Waals surface area contributed by atoms with Crippen LogP contribution in [0.15, 0.2) is 24.3 Å². The highest BCUT2D eigenvalue weighted by Gasteiger charge is 2.20. The molecule has 0 aliphatic carbocycles. The van der Waals surface area contributed by atoms with Crippen LogP contribution in [0.3, 0.4) is 0 Å². The number of carbonyl (C=O) groups is 2. The Morgan fingerprint density at radius 3 is 2.40 bits per heavy atom. The van der Waals surface area contributed by atoms with Gasteiger partial charge in [0.15, 0.2) is 0 Å². The van der Waals surface area contributed by atoms with E-state index >= 15 is 0 Å². The first-order chi connectivity index (χ1) is 9.40. The van der Waals surface area contributed by atoms with Gasteiger partial charge >= 0.3 is 5.97 Å². The normalized spacial score (nSPS) is 10.3. The zero-order valence-corrected chi connectivity index (χ0v) is 11.8. The summed E-state index contributed by atoms with van der Waals surface area (Å²) in [7, 11) is 0. The van der Waals surface area contributed by atoms with Crippen molar-refractivity contribution in [1.29, 1.82) is 0 Å². The number of nitrogens with one attached hydrogen (secondary N) is 1. The summed E-state index contributed by atoms with van der Waals surface area (Å²) in [6.07, 6.45) is 0. The summed E-state index contributed by atoms with van der Waals surface area (Å²) in [6.45, 7) is 1.62. The highest BCUT2D eigenvalue weighted by molar-refractivity contribution is 7.19.